The third-order valence-corrected chi connectivity index (χ3v) is 12.5. The second-order valence-corrected chi connectivity index (χ2v) is 16.3. The number of imide groups is 1. The van der Waals surface area contributed by atoms with Crippen LogP contribution in [-0.2, 0) is 21.4 Å². The Kier molecular flexibility index (Phi) is 11.0. The number of hydrogen-bond acceptors (Lipinski definition) is 10. The fraction of sp³-hybridized carbons (Fsp3) is 0.500. The highest BCUT2D eigenvalue weighted by Crippen LogP contribution is 2.36. The van der Waals surface area contributed by atoms with E-state index in [-0.39, 0.29) is 47.6 Å². The monoisotopic (exact) mass is 823 g/mol. The van der Waals surface area contributed by atoms with Crippen LogP contribution in [0.3, 0.4) is 0 Å². The molecule has 1 saturated carbocycles. The summed E-state index contributed by atoms with van der Waals surface area (Å²) in [7, 11) is 1.67. The van der Waals surface area contributed by atoms with Gasteiger partial charge in [-0.05, 0) is 62.6 Å². The number of alkyl halides is 2. The molecule has 314 valence electrons. The number of carbonyl (C=O) groups excluding carboxylic acids is 3. The summed E-state index contributed by atoms with van der Waals surface area (Å²) in [4.78, 5) is 60.5. The Morgan fingerprint density at radius 3 is 2.58 bits per heavy atom. The van der Waals surface area contributed by atoms with Gasteiger partial charge in [-0.1, -0.05) is 17.9 Å². The Labute approximate surface area is 343 Å². The fourth-order valence-electron chi connectivity index (χ4n) is 9.18. The van der Waals surface area contributed by atoms with Crippen molar-refractivity contribution in [3.63, 3.8) is 0 Å². The zero-order chi connectivity index (χ0) is 41.5. The van der Waals surface area contributed by atoms with Crippen molar-refractivity contribution < 1.29 is 27.9 Å². The lowest BCUT2D eigenvalue weighted by molar-refractivity contribution is -0.135. The van der Waals surface area contributed by atoms with Crippen LogP contribution in [0.25, 0.3) is 16.7 Å². The Morgan fingerprint density at radius 2 is 1.83 bits per heavy atom. The maximum absolute atomic E-state index is 14.2. The quantitative estimate of drug-likeness (QED) is 0.166. The molecule has 60 heavy (non-hydrogen) atoms. The van der Waals surface area contributed by atoms with Crippen LogP contribution in [0, 0.1) is 17.8 Å². The number of para-hydroxylation sites is 1. The molecule has 4 fully saturated rings. The highest BCUT2D eigenvalue weighted by Gasteiger charge is 2.32. The van der Waals surface area contributed by atoms with Gasteiger partial charge in [0.25, 0.3) is 12.3 Å². The number of amides is 3. The molecule has 4 aromatic heterocycles. The van der Waals surface area contributed by atoms with Crippen molar-refractivity contribution in [3.05, 3.63) is 75.9 Å². The van der Waals surface area contributed by atoms with Crippen molar-refractivity contribution in [2.45, 2.75) is 69.4 Å². The summed E-state index contributed by atoms with van der Waals surface area (Å²) in [6, 6.07) is 6.58. The van der Waals surface area contributed by atoms with E-state index in [0.29, 0.717) is 47.9 Å². The number of nitrogens with zero attached hydrogens (tertiary/aromatic N) is 9. The number of aryl methyl sites for hydroxylation is 1. The molecule has 5 aromatic rings. The van der Waals surface area contributed by atoms with Crippen molar-refractivity contribution in [3.8, 4) is 11.8 Å². The lowest BCUT2D eigenvalue weighted by Crippen LogP contribution is -2.48. The summed E-state index contributed by atoms with van der Waals surface area (Å²) < 4.78 is 40.0. The average Bonchev–Trinajstić information content (AvgIpc) is 4.06. The number of rotatable bonds is 9. The molecule has 7 heterocycles. The number of imidazole rings is 1. The number of aromatic nitrogens is 7. The van der Waals surface area contributed by atoms with Crippen LogP contribution in [0.5, 0.6) is 0 Å². The number of piperazine rings is 1. The van der Waals surface area contributed by atoms with Crippen molar-refractivity contribution in [2.24, 2.45) is 13.0 Å². The molecule has 1 unspecified atom stereocenters. The summed E-state index contributed by atoms with van der Waals surface area (Å²) >= 11 is 0. The summed E-state index contributed by atoms with van der Waals surface area (Å²) in [6.45, 7) is 6.35. The Morgan fingerprint density at radius 1 is 1.03 bits per heavy atom. The van der Waals surface area contributed by atoms with Crippen LogP contribution in [0.2, 0.25) is 0 Å². The molecule has 9 rings (SSSR count). The smallest absolute Gasteiger partial charge is 0.329 e. The maximum atomic E-state index is 14.2. The SMILES string of the molecule is Cn1c(=O)n(C2CCC(=O)NC2=O)c2cccc(C#CCN3CCN(CC4CCC(n5cc(NC(=O)c6cnn7ccc([C@H]8CCOC8)nc67)c(C(F)F)n5)CC4)CC3)c21. The third-order valence-electron chi connectivity index (χ3n) is 12.5. The summed E-state index contributed by atoms with van der Waals surface area (Å²) in [5.74, 6) is 5.81. The maximum Gasteiger partial charge on any atom is 0.329 e. The largest absolute Gasteiger partial charge is 0.381 e. The molecular formula is C42H47F2N11O5. The predicted molar refractivity (Wildman–Crippen MR) is 216 cm³/mol. The van der Waals surface area contributed by atoms with E-state index >= 15 is 0 Å². The molecule has 2 atom stereocenters. The minimum absolute atomic E-state index is 0.00841. The van der Waals surface area contributed by atoms with Gasteiger partial charge >= 0.3 is 5.69 Å². The standard InChI is InChI=1S/C42H47F2N11O5/c1-50-37-27(4-2-6-33(37)55(42(50)59)34-11-12-35(56)48-41(34)58)5-3-15-51-17-19-52(20-18-51)23-26-7-9-29(10-8-26)54-24-32(36(49-54)38(43)44)47-40(57)30-22-45-53-16-13-31(46-39(30)53)28-14-21-60-25-28/h2,4,6,13,16,22,24,26,28-29,34,38H,7-12,14-15,17-21,23,25H2,1H3,(H,47,57)(H,48,56,58)/t26?,28-,29?,34?/m0/s1. The van der Waals surface area contributed by atoms with E-state index in [2.05, 4.69) is 47.5 Å². The minimum Gasteiger partial charge on any atom is -0.381 e. The van der Waals surface area contributed by atoms with Crippen molar-refractivity contribution in [2.75, 3.05) is 57.8 Å². The average molecular weight is 824 g/mol. The number of halogens is 2. The molecule has 3 aliphatic heterocycles. The fourth-order valence-corrected chi connectivity index (χ4v) is 9.18. The van der Waals surface area contributed by atoms with Crippen LogP contribution in [0.4, 0.5) is 14.5 Å². The van der Waals surface area contributed by atoms with E-state index < -0.39 is 30.0 Å². The summed E-state index contributed by atoms with van der Waals surface area (Å²) in [5.41, 5.74) is 2.57. The zero-order valence-electron chi connectivity index (χ0n) is 33.4. The van der Waals surface area contributed by atoms with Gasteiger partial charge in [-0.2, -0.15) is 10.2 Å². The van der Waals surface area contributed by atoms with Gasteiger partial charge in [-0.3, -0.25) is 38.4 Å². The third kappa shape index (κ3) is 7.84. The topological polar surface area (TPSA) is 166 Å². The van der Waals surface area contributed by atoms with E-state index in [4.69, 9.17) is 4.74 Å². The molecule has 3 saturated heterocycles. The van der Waals surface area contributed by atoms with Crippen LogP contribution in [0.1, 0.15) is 96.7 Å². The highest BCUT2D eigenvalue weighted by atomic mass is 19.3. The van der Waals surface area contributed by atoms with Gasteiger partial charge < -0.3 is 15.0 Å². The molecule has 3 amide bonds. The number of ether oxygens (including phenoxy) is 1. The van der Waals surface area contributed by atoms with Gasteiger partial charge in [0, 0.05) is 76.8 Å². The van der Waals surface area contributed by atoms with Gasteiger partial charge in [0.15, 0.2) is 11.3 Å². The van der Waals surface area contributed by atoms with Gasteiger partial charge in [0.2, 0.25) is 11.8 Å². The Hall–Kier alpha value is -5.77. The minimum atomic E-state index is -2.86. The van der Waals surface area contributed by atoms with Gasteiger partial charge in [-0.15, -0.1) is 0 Å². The molecule has 0 bridgehead atoms. The number of benzene rings is 1. The first kappa shape index (κ1) is 39.7. The van der Waals surface area contributed by atoms with Crippen molar-refractivity contribution >= 4 is 40.1 Å². The van der Waals surface area contributed by atoms with Crippen molar-refractivity contribution in [1.29, 1.82) is 0 Å². The van der Waals surface area contributed by atoms with E-state index in [1.54, 1.807) is 24.0 Å². The van der Waals surface area contributed by atoms with Crippen LogP contribution in [-0.4, -0.2) is 114 Å². The van der Waals surface area contributed by atoms with Crippen LogP contribution >= 0.6 is 0 Å². The second-order valence-electron chi connectivity index (χ2n) is 16.3. The number of carbonyl (C=O) groups is 3. The summed E-state index contributed by atoms with van der Waals surface area (Å²) in [5, 5.41) is 13.5. The number of nitrogens with one attached hydrogen (secondary N) is 2. The van der Waals surface area contributed by atoms with E-state index in [0.717, 1.165) is 70.5 Å². The molecule has 2 N–H and O–H groups in total. The van der Waals surface area contributed by atoms with Crippen LogP contribution in [0.15, 0.2) is 47.7 Å². The Bertz CT molecular complexity index is 2560. The van der Waals surface area contributed by atoms with Crippen molar-refractivity contribution in [1.82, 2.24) is 48.6 Å². The summed E-state index contributed by atoms with van der Waals surface area (Å²) in [6.07, 6.45) is 6.62. The number of fused-ring (bicyclic) bond motifs is 2. The number of piperidine rings is 1. The predicted octanol–water partition coefficient (Wildman–Crippen LogP) is 3.65. The van der Waals surface area contributed by atoms with Gasteiger partial charge in [0.1, 0.15) is 11.6 Å². The van der Waals surface area contributed by atoms with E-state index in [9.17, 15) is 28.0 Å². The van der Waals surface area contributed by atoms with Crippen LogP contribution < -0.4 is 16.3 Å². The first-order valence-electron chi connectivity index (χ1n) is 20.7. The molecule has 0 radical (unpaired) electrons. The molecule has 1 aromatic carbocycles. The molecule has 18 heteroatoms. The van der Waals surface area contributed by atoms with Gasteiger partial charge in [-0.25, -0.2) is 23.1 Å². The molecule has 1 aliphatic carbocycles. The molecule has 4 aliphatic rings. The lowest BCUT2D eigenvalue weighted by atomic mass is 9.85. The second kappa shape index (κ2) is 16.7. The molecule has 0 spiro atoms. The normalized spacial score (nSPS) is 23.0. The van der Waals surface area contributed by atoms with Gasteiger partial charge in [0.05, 0.1) is 47.7 Å². The molecular weight excluding hydrogens is 777 g/mol. The van der Waals surface area contributed by atoms with E-state index in [1.807, 2.05) is 18.2 Å². The Balaban J connectivity index is 0.769. The first-order chi connectivity index (χ1) is 29.1. The highest BCUT2D eigenvalue weighted by molar-refractivity contribution is 6.08. The zero-order valence-corrected chi connectivity index (χ0v) is 33.4. The first-order valence-corrected chi connectivity index (χ1v) is 20.7. The van der Waals surface area contributed by atoms with E-state index in [1.165, 1.54) is 26.0 Å². The number of anilines is 1. The molecule has 16 nitrogen and oxygen atoms in total. The number of hydrogen-bond donors (Lipinski definition) is 2. The lowest BCUT2D eigenvalue weighted by Gasteiger charge is -2.37.